The third kappa shape index (κ3) is 4.68. The van der Waals surface area contributed by atoms with Gasteiger partial charge in [0, 0.05) is 11.3 Å². The van der Waals surface area contributed by atoms with Gasteiger partial charge >= 0.3 is 0 Å². The third-order valence-electron chi connectivity index (χ3n) is 7.11. The van der Waals surface area contributed by atoms with Crippen molar-refractivity contribution in [2.24, 2.45) is 0 Å². The van der Waals surface area contributed by atoms with Gasteiger partial charge in [0.2, 0.25) is 0 Å². The summed E-state index contributed by atoms with van der Waals surface area (Å²) in [6.07, 6.45) is -0.787. The highest BCUT2D eigenvalue weighted by Crippen LogP contribution is 2.54. The molecule has 2 aliphatic rings. The maximum absolute atomic E-state index is 12.4. The highest BCUT2D eigenvalue weighted by Gasteiger charge is 2.53. The first kappa shape index (κ1) is 24.0. The maximum Gasteiger partial charge on any atom is 0.0912 e. The van der Waals surface area contributed by atoms with Crippen molar-refractivity contribution >= 4 is 37.1 Å². The molecular weight excluding hydrogens is 482 g/mol. The van der Waals surface area contributed by atoms with E-state index in [0.29, 0.717) is 13.2 Å². The first-order valence-corrected chi connectivity index (χ1v) is 15.3. The van der Waals surface area contributed by atoms with E-state index >= 15 is 0 Å². The van der Waals surface area contributed by atoms with Gasteiger partial charge in [-0.1, -0.05) is 121 Å². The molecule has 0 aliphatic carbocycles. The summed E-state index contributed by atoms with van der Waals surface area (Å²) in [7, 11) is -1.75. The fourth-order valence-electron chi connectivity index (χ4n) is 5.58. The summed E-state index contributed by atoms with van der Waals surface area (Å²) in [4.78, 5) is 0. The first-order chi connectivity index (χ1) is 17.8. The topological polar surface area (TPSA) is 38.7 Å². The number of rotatable bonds is 6. The van der Waals surface area contributed by atoms with Gasteiger partial charge in [-0.2, -0.15) is 0 Å². The van der Waals surface area contributed by atoms with Crippen LogP contribution in [0.4, 0.5) is 0 Å². The van der Waals surface area contributed by atoms with Crippen LogP contribution in [-0.2, 0) is 9.47 Å². The van der Waals surface area contributed by atoms with Gasteiger partial charge in [0.1, 0.15) is 0 Å². The number of ether oxygens (including phenoxy) is 2. The van der Waals surface area contributed by atoms with Gasteiger partial charge in [-0.3, -0.25) is 0 Å². The molecule has 3 nitrogen and oxygen atoms in total. The van der Waals surface area contributed by atoms with E-state index in [9.17, 15) is 5.11 Å². The molecule has 36 heavy (non-hydrogen) atoms. The Labute approximate surface area is 215 Å². The number of fused-ring (bicyclic) bond motifs is 2. The highest BCUT2D eigenvalue weighted by molar-refractivity contribution is 7.75. The minimum absolute atomic E-state index is 0.0659. The molecule has 2 bridgehead atoms. The Morgan fingerprint density at radius 1 is 0.500 bits per heavy atom. The van der Waals surface area contributed by atoms with E-state index in [1.807, 2.05) is 0 Å². The van der Waals surface area contributed by atoms with E-state index in [0.717, 1.165) is 0 Å². The van der Waals surface area contributed by atoms with E-state index in [4.69, 9.17) is 9.47 Å². The Hall–Kier alpha value is -2.38. The van der Waals surface area contributed by atoms with Crippen molar-refractivity contribution in [2.45, 2.75) is 29.6 Å². The lowest BCUT2D eigenvalue weighted by Crippen LogP contribution is -2.63. The zero-order chi connectivity index (χ0) is 24.3. The number of hydrogen-bond acceptors (Lipinski definition) is 3. The van der Waals surface area contributed by atoms with E-state index < -0.39 is 21.9 Å². The second-order valence-electron chi connectivity index (χ2n) is 9.30. The van der Waals surface area contributed by atoms with Crippen LogP contribution in [0.15, 0.2) is 121 Å². The molecule has 182 valence electrons. The second kappa shape index (κ2) is 10.9. The molecule has 2 heterocycles. The number of aliphatic hydroxyl groups excluding tert-OH is 1. The summed E-state index contributed by atoms with van der Waals surface area (Å²) in [6.45, 7) is 1.05. The van der Waals surface area contributed by atoms with Crippen LogP contribution >= 0.6 is 15.8 Å². The Morgan fingerprint density at radius 2 is 0.806 bits per heavy atom. The van der Waals surface area contributed by atoms with Crippen molar-refractivity contribution in [3.05, 3.63) is 121 Å². The lowest BCUT2D eigenvalue weighted by Gasteiger charge is -2.52. The first-order valence-electron chi connectivity index (χ1n) is 12.5. The lowest BCUT2D eigenvalue weighted by molar-refractivity contribution is -0.177. The molecule has 0 aromatic heterocycles. The third-order valence-corrected chi connectivity index (χ3v) is 13.0. The van der Waals surface area contributed by atoms with Gasteiger partial charge in [0.15, 0.2) is 0 Å². The largest absolute Gasteiger partial charge is 0.392 e. The average Bonchev–Trinajstić information content (AvgIpc) is 2.95. The average molecular weight is 513 g/mol. The van der Waals surface area contributed by atoms with Gasteiger partial charge in [0.05, 0.1) is 31.5 Å². The predicted molar refractivity (Wildman–Crippen MR) is 151 cm³/mol. The Morgan fingerprint density at radius 3 is 1.11 bits per heavy atom. The highest BCUT2D eigenvalue weighted by atomic mass is 31.1. The van der Waals surface area contributed by atoms with Gasteiger partial charge < -0.3 is 14.6 Å². The SMILES string of the molecule is OC1[C@@H](P(c2ccccc2)c2ccccc2)[C@@H]2COC[C@@H](O2)[C@H]1P(c1ccccc1)c1ccccc1. The van der Waals surface area contributed by atoms with Crippen molar-refractivity contribution in [1.82, 2.24) is 0 Å². The number of benzene rings is 4. The van der Waals surface area contributed by atoms with Crippen molar-refractivity contribution in [3.63, 3.8) is 0 Å². The van der Waals surface area contributed by atoms with Crippen LogP contribution in [0.2, 0.25) is 0 Å². The predicted octanol–water partition coefficient (Wildman–Crippen LogP) is 4.15. The molecule has 2 aliphatic heterocycles. The second-order valence-corrected chi connectivity index (χ2v) is 14.0. The van der Waals surface area contributed by atoms with Crippen LogP contribution in [0.25, 0.3) is 0 Å². The summed E-state index contributed by atoms with van der Waals surface area (Å²) in [5.74, 6) is 0. The monoisotopic (exact) mass is 512 g/mol. The fraction of sp³-hybridized carbons (Fsp3) is 0.226. The molecule has 2 saturated heterocycles. The lowest BCUT2D eigenvalue weighted by atomic mass is 9.98. The van der Waals surface area contributed by atoms with Gasteiger partial charge in [-0.05, 0) is 37.1 Å². The summed E-state index contributed by atoms with van der Waals surface area (Å²) < 4.78 is 13.0. The summed E-state index contributed by atoms with van der Waals surface area (Å²) in [5.41, 5.74) is -0.132. The van der Waals surface area contributed by atoms with Crippen LogP contribution < -0.4 is 21.2 Å². The van der Waals surface area contributed by atoms with Crippen LogP contribution in [0, 0.1) is 0 Å². The van der Waals surface area contributed by atoms with E-state index in [1.165, 1.54) is 21.2 Å². The molecule has 1 unspecified atom stereocenters. The number of hydrogen-bond donors (Lipinski definition) is 1. The summed E-state index contributed by atoms with van der Waals surface area (Å²) >= 11 is 0. The molecule has 5 atom stereocenters. The Bertz CT molecular complexity index is 1060. The molecule has 4 aromatic carbocycles. The zero-order valence-electron chi connectivity index (χ0n) is 20.0. The van der Waals surface area contributed by atoms with Crippen LogP contribution in [0.1, 0.15) is 0 Å². The van der Waals surface area contributed by atoms with Crippen LogP contribution in [-0.4, -0.2) is 48.0 Å². The molecular formula is C31H30O3P2. The van der Waals surface area contributed by atoms with E-state index in [2.05, 4.69) is 121 Å². The molecule has 0 spiro atoms. The Kier molecular flexibility index (Phi) is 7.28. The molecule has 2 fully saturated rings. The molecule has 5 heteroatoms. The van der Waals surface area contributed by atoms with Gasteiger partial charge in [0.25, 0.3) is 0 Å². The molecule has 4 aromatic rings. The molecule has 0 radical (unpaired) electrons. The van der Waals surface area contributed by atoms with Crippen molar-refractivity contribution in [2.75, 3.05) is 13.2 Å². The molecule has 0 amide bonds. The molecule has 1 N–H and O–H groups in total. The van der Waals surface area contributed by atoms with Gasteiger partial charge in [-0.25, -0.2) is 0 Å². The standard InChI is InChI=1S/C31H30O3P2/c32-29-30(35(23-13-5-1-6-14-23)24-15-7-2-8-16-24)27-21-33-22-28(34-27)31(29)36(25-17-9-3-10-18-25)26-19-11-4-12-20-26/h1-20,27-32H,21-22H2/t27-,28+,29?,30-,31+. The maximum atomic E-state index is 12.4. The summed E-state index contributed by atoms with van der Waals surface area (Å²) in [5, 5.41) is 17.5. The fourth-order valence-corrected chi connectivity index (χ4v) is 11.6. The quantitative estimate of drug-likeness (QED) is 0.395. The smallest absolute Gasteiger partial charge is 0.0912 e. The normalized spacial score (nSPS) is 25.7. The minimum atomic E-state index is -0.873. The summed E-state index contributed by atoms with van der Waals surface area (Å²) in [6, 6.07) is 42.6. The van der Waals surface area contributed by atoms with Crippen molar-refractivity contribution in [3.8, 4) is 0 Å². The van der Waals surface area contributed by atoms with Gasteiger partial charge in [-0.15, -0.1) is 0 Å². The van der Waals surface area contributed by atoms with Crippen molar-refractivity contribution < 1.29 is 14.6 Å². The zero-order valence-corrected chi connectivity index (χ0v) is 21.8. The minimum Gasteiger partial charge on any atom is -0.392 e. The van der Waals surface area contributed by atoms with Crippen LogP contribution in [0.5, 0.6) is 0 Å². The van der Waals surface area contributed by atoms with Crippen molar-refractivity contribution in [1.29, 1.82) is 0 Å². The van der Waals surface area contributed by atoms with E-state index in [-0.39, 0.29) is 23.5 Å². The molecule has 6 rings (SSSR count). The Balaban J connectivity index is 1.48. The number of aliphatic hydroxyl groups is 1. The molecule has 0 saturated carbocycles. The van der Waals surface area contributed by atoms with Crippen LogP contribution in [0.3, 0.4) is 0 Å². The van der Waals surface area contributed by atoms with E-state index in [1.54, 1.807) is 0 Å².